The third-order valence-corrected chi connectivity index (χ3v) is 10.6. The van der Waals surface area contributed by atoms with Crippen molar-refractivity contribution in [1.29, 1.82) is 0 Å². The largest absolute Gasteiger partial charge is 0.378 e. The summed E-state index contributed by atoms with van der Waals surface area (Å²) in [6, 6.07) is 13.3. The number of carbonyl (C=O) groups excluding carboxylic acids is 2. The van der Waals surface area contributed by atoms with Crippen LogP contribution < -0.4 is 0 Å². The molecule has 11 nitrogen and oxygen atoms in total. The van der Waals surface area contributed by atoms with Crippen molar-refractivity contribution in [3.63, 3.8) is 0 Å². The second kappa shape index (κ2) is 9.57. The van der Waals surface area contributed by atoms with Gasteiger partial charge in [-0.05, 0) is 24.3 Å². The highest BCUT2D eigenvalue weighted by Gasteiger charge is 2.37. The second-order valence-corrected chi connectivity index (χ2v) is 14.0. The predicted octanol–water partition coefficient (Wildman–Crippen LogP) is 1.17. The van der Waals surface area contributed by atoms with E-state index in [1.807, 2.05) is 0 Å². The lowest BCUT2D eigenvalue weighted by atomic mass is 10.0. The molecule has 0 atom stereocenters. The minimum atomic E-state index is -3.72. The monoisotopic (exact) mass is 570 g/mol. The minimum Gasteiger partial charge on any atom is -0.378 e. The highest BCUT2D eigenvalue weighted by Crippen LogP contribution is 2.41. The quantitative estimate of drug-likeness (QED) is 0.458. The van der Waals surface area contributed by atoms with Gasteiger partial charge in [0.2, 0.25) is 0 Å². The van der Waals surface area contributed by atoms with Gasteiger partial charge in [0.1, 0.15) is 0 Å². The molecule has 2 saturated heterocycles. The van der Waals surface area contributed by atoms with Crippen LogP contribution in [-0.2, 0) is 30.2 Å². The van der Waals surface area contributed by atoms with E-state index in [9.17, 15) is 26.4 Å². The first-order valence-corrected chi connectivity index (χ1v) is 16.0. The normalized spacial score (nSPS) is 19.7. The van der Waals surface area contributed by atoms with Crippen LogP contribution in [0.2, 0.25) is 0 Å². The van der Waals surface area contributed by atoms with Gasteiger partial charge in [-0.2, -0.15) is 5.10 Å². The molecule has 2 fully saturated rings. The Bertz CT molecular complexity index is 1690. The number of aromatic nitrogens is 2. The number of carbonyl (C=O) groups is 2. The lowest BCUT2D eigenvalue weighted by Gasteiger charge is -2.27. The van der Waals surface area contributed by atoms with E-state index in [1.54, 1.807) is 53.4 Å². The third kappa shape index (κ3) is 4.64. The van der Waals surface area contributed by atoms with Gasteiger partial charge in [0.05, 0.1) is 46.7 Å². The van der Waals surface area contributed by atoms with Gasteiger partial charge in [0.15, 0.2) is 25.4 Å². The number of hydrogen-bond donors (Lipinski definition) is 0. The van der Waals surface area contributed by atoms with E-state index in [0.717, 1.165) is 0 Å². The van der Waals surface area contributed by atoms with Gasteiger partial charge in [-0.1, -0.05) is 24.3 Å². The summed E-state index contributed by atoms with van der Waals surface area (Å²) < 4.78 is 57.0. The van der Waals surface area contributed by atoms with Crippen LogP contribution in [0.1, 0.15) is 26.4 Å². The van der Waals surface area contributed by atoms with Gasteiger partial charge in [-0.3, -0.25) is 9.59 Å². The summed E-state index contributed by atoms with van der Waals surface area (Å²) in [6.07, 6.45) is 0. The molecule has 0 radical (unpaired) electrons. The zero-order valence-corrected chi connectivity index (χ0v) is 22.6. The molecule has 4 heterocycles. The number of benzene rings is 2. The molecule has 0 N–H and O–H groups in total. The Hall–Kier alpha value is -3.55. The molecule has 3 aliphatic rings. The Morgan fingerprint density at radius 3 is 2.26 bits per heavy atom. The molecule has 1 aromatic heterocycles. The summed E-state index contributed by atoms with van der Waals surface area (Å²) in [5.74, 6) is -1.21. The van der Waals surface area contributed by atoms with E-state index in [2.05, 4.69) is 5.10 Å². The van der Waals surface area contributed by atoms with Crippen molar-refractivity contribution in [2.24, 2.45) is 0 Å². The molecule has 13 heteroatoms. The average Bonchev–Trinajstić information content (AvgIpc) is 3.31. The molecule has 3 aliphatic heterocycles. The van der Waals surface area contributed by atoms with Crippen molar-refractivity contribution in [3.8, 4) is 16.9 Å². The van der Waals surface area contributed by atoms with E-state index in [1.165, 1.54) is 9.58 Å². The van der Waals surface area contributed by atoms with E-state index >= 15 is 0 Å². The maximum atomic E-state index is 13.6. The molecule has 0 unspecified atom stereocenters. The van der Waals surface area contributed by atoms with Crippen LogP contribution >= 0.6 is 0 Å². The first kappa shape index (κ1) is 25.7. The van der Waals surface area contributed by atoms with Crippen LogP contribution in [0.25, 0.3) is 16.9 Å². The number of hydrogen-bond acceptors (Lipinski definition) is 8. The highest BCUT2D eigenvalue weighted by atomic mass is 32.2. The standard InChI is InChI=1S/C26H26N4O7S2/c31-25(29-10-14-38(33,34)15-11-29)18-4-3-5-19(16-18)30-24-20-6-1-2-7-22(20)39(35,36)17-21(24)23(27-30)26(32)28-8-12-37-13-9-28/h1-7,16H,8-15,17H2. The molecule has 6 rings (SSSR count). The van der Waals surface area contributed by atoms with Crippen LogP contribution in [0, 0.1) is 0 Å². The fourth-order valence-electron chi connectivity index (χ4n) is 5.21. The first-order valence-electron chi connectivity index (χ1n) is 12.6. The number of sulfone groups is 2. The molecule has 0 aliphatic carbocycles. The maximum absolute atomic E-state index is 13.6. The summed E-state index contributed by atoms with van der Waals surface area (Å²) in [5.41, 5.74) is 2.13. The Kier molecular flexibility index (Phi) is 6.31. The lowest BCUT2D eigenvalue weighted by Crippen LogP contribution is -2.43. The molecular weight excluding hydrogens is 544 g/mol. The van der Waals surface area contributed by atoms with Crippen molar-refractivity contribution in [2.75, 3.05) is 50.9 Å². The van der Waals surface area contributed by atoms with Crippen LogP contribution in [0.3, 0.4) is 0 Å². The molecule has 2 amide bonds. The second-order valence-electron chi connectivity index (χ2n) is 9.74. The minimum absolute atomic E-state index is 0.0583. The van der Waals surface area contributed by atoms with Gasteiger partial charge in [-0.25, -0.2) is 21.5 Å². The van der Waals surface area contributed by atoms with E-state index < -0.39 is 19.7 Å². The van der Waals surface area contributed by atoms with E-state index in [0.29, 0.717) is 54.4 Å². The Balaban J connectivity index is 1.46. The molecular formula is C26H26N4O7S2. The number of nitrogens with zero attached hydrogens (tertiary/aromatic N) is 4. The zero-order valence-electron chi connectivity index (χ0n) is 20.9. The molecule has 3 aromatic rings. The number of rotatable bonds is 3. The molecule has 2 aromatic carbocycles. The van der Waals surface area contributed by atoms with Crippen LogP contribution in [-0.4, -0.2) is 99.1 Å². The van der Waals surface area contributed by atoms with E-state index in [4.69, 9.17) is 4.74 Å². The summed E-state index contributed by atoms with van der Waals surface area (Å²) in [4.78, 5) is 30.1. The van der Waals surface area contributed by atoms with Gasteiger partial charge in [-0.15, -0.1) is 0 Å². The number of ether oxygens (including phenoxy) is 1. The summed E-state index contributed by atoms with van der Waals surface area (Å²) >= 11 is 0. The third-order valence-electron chi connectivity index (χ3n) is 7.27. The molecule has 204 valence electrons. The number of amides is 2. The van der Waals surface area contributed by atoms with Gasteiger partial charge < -0.3 is 14.5 Å². The fourth-order valence-corrected chi connectivity index (χ4v) is 8.00. The summed E-state index contributed by atoms with van der Waals surface area (Å²) in [6.45, 7) is 1.76. The summed E-state index contributed by atoms with van der Waals surface area (Å²) in [7, 11) is -6.86. The van der Waals surface area contributed by atoms with Gasteiger partial charge in [0, 0.05) is 42.9 Å². The average molecular weight is 571 g/mol. The molecule has 39 heavy (non-hydrogen) atoms. The SMILES string of the molecule is O=C(c1cccc(-n2nc(C(=O)N3CCOCC3)c3c2-c2ccccc2S(=O)(=O)C3)c1)N1CCS(=O)(=O)CC1. The summed E-state index contributed by atoms with van der Waals surface area (Å²) in [5, 5.41) is 4.65. The zero-order chi connectivity index (χ0) is 27.4. The number of morpholine rings is 1. The Morgan fingerprint density at radius 1 is 0.821 bits per heavy atom. The van der Waals surface area contributed by atoms with Crippen molar-refractivity contribution < 1.29 is 31.2 Å². The van der Waals surface area contributed by atoms with Crippen molar-refractivity contribution in [3.05, 3.63) is 65.4 Å². The van der Waals surface area contributed by atoms with E-state index in [-0.39, 0.29) is 52.8 Å². The van der Waals surface area contributed by atoms with Gasteiger partial charge >= 0.3 is 0 Å². The number of fused-ring (bicyclic) bond motifs is 3. The van der Waals surface area contributed by atoms with Crippen molar-refractivity contribution in [2.45, 2.75) is 10.6 Å². The Labute approximate surface area is 225 Å². The highest BCUT2D eigenvalue weighted by molar-refractivity contribution is 7.91. The lowest BCUT2D eigenvalue weighted by molar-refractivity contribution is 0.0298. The van der Waals surface area contributed by atoms with Crippen LogP contribution in [0.4, 0.5) is 0 Å². The van der Waals surface area contributed by atoms with Crippen LogP contribution in [0.5, 0.6) is 0 Å². The van der Waals surface area contributed by atoms with Crippen LogP contribution in [0.15, 0.2) is 53.4 Å². The Morgan fingerprint density at radius 2 is 1.51 bits per heavy atom. The smallest absolute Gasteiger partial charge is 0.274 e. The first-order chi connectivity index (χ1) is 18.6. The topological polar surface area (TPSA) is 136 Å². The molecule has 0 bridgehead atoms. The molecule has 0 saturated carbocycles. The fraction of sp³-hybridized carbons (Fsp3) is 0.346. The maximum Gasteiger partial charge on any atom is 0.274 e. The predicted molar refractivity (Wildman–Crippen MR) is 141 cm³/mol. The van der Waals surface area contributed by atoms with Gasteiger partial charge in [0.25, 0.3) is 11.8 Å². The van der Waals surface area contributed by atoms with Crippen molar-refractivity contribution >= 4 is 31.5 Å². The van der Waals surface area contributed by atoms with Crippen molar-refractivity contribution in [1.82, 2.24) is 19.6 Å². The molecule has 0 spiro atoms.